The van der Waals surface area contributed by atoms with Crippen LogP contribution in [0.4, 0.5) is 19.0 Å². The van der Waals surface area contributed by atoms with Gasteiger partial charge in [0.05, 0.1) is 5.69 Å². The van der Waals surface area contributed by atoms with Gasteiger partial charge >= 0.3 is 6.18 Å². The maximum absolute atomic E-state index is 13.4. The Hall–Kier alpha value is -2.58. The highest BCUT2D eigenvalue weighted by atomic mass is 19.4. The van der Waals surface area contributed by atoms with E-state index in [9.17, 15) is 18.0 Å². The Bertz CT molecular complexity index is 883. The van der Waals surface area contributed by atoms with Crippen LogP contribution in [0, 0.1) is 0 Å². The first kappa shape index (κ1) is 20.7. The van der Waals surface area contributed by atoms with Gasteiger partial charge in [-0.3, -0.25) is 9.78 Å². The molecule has 0 aliphatic carbocycles. The lowest BCUT2D eigenvalue weighted by Crippen LogP contribution is -2.37. The first-order valence-electron chi connectivity index (χ1n) is 10.4. The van der Waals surface area contributed by atoms with E-state index in [4.69, 9.17) is 0 Å². The monoisotopic (exact) mass is 421 g/mol. The molecule has 2 aromatic heterocycles. The average Bonchev–Trinajstić information content (AvgIpc) is 3.34. The second kappa shape index (κ2) is 8.28. The van der Waals surface area contributed by atoms with Gasteiger partial charge in [0.15, 0.2) is 6.04 Å². The van der Waals surface area contributed by atoms with Gasteiger partial charge in [-0.1, -0.05) is 0 Å². The number of halogens is 3. The van der Waals surface area contributed by atoms with Gasteiger partial charge in [-0.05, 0) is 50.3 Å². The summed E-state index contributed by atoms with van der Waals surface area (Å²) in [6, 6.07) is 3.73. The van der Waals surface area contributed by atoms with Crippen molar-refractivity contribution < 1.29 is 18.0 Å². The standard InChI is InChI=1S/C21H26F3N5O/c1-14-11-18(21(22,23)24)29-19(26-14)12-17(27-29)16-7-10-28(13-16)20(30)4-2-3-15-5-8-25-9-6-15/h5-6,8-9,12,14,16,18,26H,2-4,7,10-11,13H2,1H3/t14-,16-,18-/m1/s1. The number of fused-ring (bicyclic) bond motifs is 1. The van der Waals surface area contributed by atoms with Gasteiger partial charge in [0.1, 0.15) is 5.82 Å². The Morgan fingerprint density at radius 1 is 1.30 bits per heavy atom. The Morgan fingerprint density at radius 3 is 2.80 bits per heavy atom. The number of aryl methyl sites for hydroxylation is 1. The van der Waals surface area contributed by atoms with E-state index in [1.807, 2.05) is 17.0 Å². The van der Waals surface area contributed by atoms with Crippen LogP contribution in [0.5, 0.6) is 0 Å². The van der Waals surface area contributed by atoms with Gasteiger partial charge < -0.3 is 10.2 Å². The van der Waals surface area contributed by atoms with Crippen LogP contribution in [0.1, 0.15) is 55.8 Å². The fourth-order valence-electron chi connectivity index (χ4n) is 4.36. The molecule has 3 atom stereocenters. The van der Waals surface area contributed by atoms with E-state index in [-0.39, 0.29) is 24.3 Å². The molecule has 1 N–H and O–H groups in total. The number of nitrogens with one attached hydrogen (secondary N) is 1. The second-order valence-corrected chi connectivity index (χ2v) is 8.27. The van der Waals surface area contributed by atoms with E-state index in [2.05, 4.69) is 15.4 Å². The molecule has 4 rings (SSSR count). The lowest BCUT2D eigenvalue weighted by atomic mass is 10.0. The van der Waals surface area contributed by atoms with Crippen LogP contribution in [0.3, 0.4) is 0 Å². The minimum absolute atomic E-state index is 0.0294. The Balaban J connectivity index is 1.36. The summed E-state index contributed by atoms with van der Waals surface area (Å²) >= 11 is 0. The van der Waals surface area contributed by atoms with Crippen molar-refractivity contribution in [3.8, 4) is 0 Å². The summed E-state index contributed by atoms with van der Waals surface area (Å²) in [5.41, 5.74) is 1.79. The van der Waals surface area contributed by atoms with Crippen molar-refractivity contribution in [3.05, 3.63) is 41.9 Å². The van der Waals surface area contributed by atoms with E-state index < -0.39 is 12.2 Å². The van der Waals surface area contributed by atoms with Gasteiger partial charge in [-0.2, -0.15) is 18.3 Å². The molecule has 0 bridgehead atoms. The second-order valence-electron chi connectivity index (χ2n) is 8.27. The Labute approximate surface area is 173 Å². The zero-order valence-electron chi connectivity index (χ0n) is 16.9. The van der Waals surface area contributed by atoms with Gasteiger partial charge in [0, 0.05) is 49.9 Å². The maximum atomic E-state index is 13.4. The van der Waals surface area contributed by atoms with Gasteiger partial charge in [-0.15, -0.1) is 0 Å². The van der Waals surface area contributed by atoms with Crippen LogP contribution in [-0.4, -0.2) is 50.9 Å². The van der Waals surface area contributed by atoms with Gasteiger partial charge in [0.2, 0.25) is 5.91 Å². The van der Waals surface area contributed by atoms with E-state index in [1.165, 1.54) is 0 Å². The fourth-order valence-corrected chi connectivity index (χ4v) is 4.36. The number of alkyl halides is 3. The lowest BCUT2D eigenvalue weighted by molar-refractivity contribution is -0.173. The number of pyridine rings is 1. The number of rotatable bonds is 5. The molecule has 6 nitrogen and oxygen atoms in total. The molecule has 1 fully saturated rings. The molecule has 4 heterocycles. The summed E-state index contributed by atoms with van der Waals surface area (Å²) in [5.74, 6) is 0.474. The summed E-state index contributed by atoms with van der Waals surface area (Å²) in [7, 11) is 0. The number of nitrogens with zero attached hydrogens (tertiary/aromatic N) is 4. The van der Waals surface area contributed by atoms with Crippen molar-refractivity contribution >= 4 is 11.7 Å². The number of aromatic nitrogens is 3. The lowest BCUT2D eigenvalue weighted by Gasteiger charge is -2.31. The normalized spacial score (nSPS) is 23.9. The van der Waals surface area contributed by atoms with E-state index in [1.54, 1.807) is 25.4 Å². The molecular formula is C21H26F3N5O. The summed E-state index contributed by atoms with van der Waals surface area (Å²) in [6.45, 7) is 2.88. The van der Waals surface area contributed by atoms with Crippen molar-refractivity contribution in [2.45, 2.75) is 63.2 Å². The Kier molecular flexibility index (Phi) is 5.71. The molecule has 162 valence electrons. The molecule has 2 aliphatic rings. The molecule has 0 saturated carbocycles. The highest BCUT2D eigenvalue weighted by Crippen LogP contribution is 2.40. The van der Waals surface area contributed by atoms with Crippen LogP contribution >= 0.6 is 0 Å². The van der Waals surface area contributed by atoms with Gasteiger partial charge in [-0.25, -0.2) is 4.68 Å². The van der Waals surface area contributed by atoms with Crippen LogP contribution in [0.25, 0.3) is 0 Å². The smallest absolute Gasteiger partial charge is 0.368 e. The maximum Gasteiger partial charge on any atom is 0.410 e. The molecule has 0 aromatic carbocycles. The minimum Gasteiger partial charge on any atom is -0.368 e. The molecule has 0 unspecified atom stereocenters. The SMILES string of the molecule is C[C@@H]1C[C@H](C(F)(F)F)n2nc([C@@H]3CCN(C(=O)CCCc4ccncc4)C3)cc2N1. The third-order valence-electron chi connectivity index (χ3n) is 5.96. The number of carbonyl (C=O) groups excluding carboxylic acids is 1. The van der Waals surface area contributed by atoms with Crippen LogP contribution in [0.15, 0.2) is 30.6 Å². The summed E-state index contributed by atoms with van der Waals surface area (Å²) < 4.78 is 41.4. The highest BCUT2D eigenvalue weighted by Gasteiger charge is 2.46. The van der Waals surface area contributed by atoms with Crippen LogP contribution in [-0.2, 0) is 11.2 Å². The highest BCUT2D eigenvalue weighted by molar-refractivity contribution is 5.76. The van der Waals surface area contributed by atoms with E-state index in [0.717, 1.165) is 29.5 Å². The number of hydrogen-bond donors (Lipinski definition) is 1. The first-order valence-corrected chi connectivity index (χ1v) is 10.4. The molecule has 0 radical (unpaired) electrons. The largest absolute Gasteiger partial charge is 0.410 e. The molecule has 30 heavy (non-hydrogen) atoms. The van der Waals surface area contributed by atoms with E-state index in [0.29, 0.717) is 31.0 Å². The molecule has 9 heteroatoms. The summed E-state index contributed by atoms with van der Waals surface area (Å²) in [4.78, 5) is 18.4. The topological polar surface area (TPSA) is 63.1 Å². The zero-order chi connectivity index (χ0) is 21.3. The van der Waals surface area contributed by atoms with Crippen molar-refractivity contribution in [1.82, 2.24) is 19.7 Å². The van der Waals surface area contributed by atoms with E-state index >= 15 is 0 Å². The summed E-state index contributed by atoms with van der Waals surface area (Å²) in [6.07, 6.45) is 1.88. The minimum atomic E-state index is -4.33. The summed E-state index contributed by atoms with van der Waals surface area (Å²) in [5, 5.41) is 7.40. The third kappa shape index (κ3) is 4.44. The molecule has 2 aromatic rings. The zero-order valence-corrected chi connectivity index (χ0v) is 16.9. The quantitative estimate of drug-likeness (QED) is 0.795. The van der Waals surface area contributed by atoms with Crippen molar-refractivity contribution in [3.63, 3.8) is 0 Å². The number of carbonyl (C=O) groups is 1. The number of likely N-dealkylation sites (tertiary alicyclic amines) is 1. The Morgan fingerprint density at radius 2 is 2.07 bits per heavy atom. The predicted octanol–water partition coefficient (Wildman–Crippen LogP) is 3.92. The molecule has 1 amide bonds. The van der Waals surface area contributed by atoms with Crippen LogP contribution < -0.4 is 5.32 Å². The molecule has 2 aliphatic heterocycles. The van der Waals surface area contributed by atoms with Crippen molar-refractivity contribution in [1.29, 1.82) is 0 Å². The first-order chi connectivity index (χ1) is 14.3. The number of anilines is 1. The predicted molar refractivity (Wildman–Crippen MR) is 106 cm³/mol. The van der Waals surface area contributed by atoms with Crippen molar-refractivity contribution in [2.24, 2.45) is 0 Å². The fraction of sp³-hybridized carbons (Fsp3) is 0.571. The molecule has 0 spiro atoms. The van der Waals surface area contributed by atoms with Gasteiger partial charge in [0.25, 0.3) is 0 Å². The van der Waals surface area contributed by atoms with Crippen molar-refractivity contribution in [2.75, 3.05) is 18.4 Å². The number of hydrogen-bond acceptors (Lipinski definition) is 4. The number of amides is 1. The molecule has 1 saturated heterocycles. The van der Waals surface area contributed by atoms with Crippen LogP contribution in [0.2, 0.25) is 0 Å². The molecular weight excluding hydrogens is 395 g/mol. The third-order valence-corrected chi connectivity index (χ3v) is 5.96. The average molecular weight is 421 g/mol.